The minimum atomic E-state index is -0.209. The van der Waals surface area contributed by atoms with E-state index in [0.29, 0.717) is 0 Å². The van der Waals surface area contributed by atoms with Gasteiger partial charge < -0.3 is 0 Å². The lowest BCUT2D eigenvalue weighted by atomic mass is 10.1. The molecular weight excluding hydrogens is 275 g/mol. The molecule has 0 aliphatic rings. The molecule has 0 fully saturated rings. The molecule has 4 nitrogen and oxygen atoms in total. The van der Waals surface area contributed by atoms with Crippen LogP contribution in [0.4, 0.5) is 4.39 Å². The number of halogens is 1. The fraction of sp³-hybridized carbons (Fsp3) is 0.357. The van der Waals surface area contributed by atoms with Crippen LogP contribution in [-0.2, 0) is 13.5 Å². The van der Waals surface area contributed by atoms with E-state index in [4.69, 9.17) is 5.84 Å². The van der Waals surface area contributed by atoms with Crippen molar-refractivity contribution in [3.63, 3.8) is 0 Å². The molecule has 0 saturated carbocycles. The summed E-state index contributed by atoms with van der Waals surface area (Å²) in [6.45, 7) is 0. The maximum absolute atomic E-state index is 12.8. The normalized spacial score (nSPS) is 12.6. The lowest BCUT2D eigenvalue weighted by molar-refractivity contribution is 0.528. The molecule has 2 rings (SSSR count). The zero-order valence-corrected chi connectivity index (χ0v) is 12.2. The summed E-state index contributed by atoms with van der Waals surface area (Å²) in [5.74, 6) is 6.23. The van der Waals surface area contributed by atoms with Crippen molar-refractivity contribution in [3.8, 4) is 0 Å². The minimum absolute atomic E-state index is 0.208. The Morgan fingerprint density at radius 1 is 1.35 bits per heavy atom. The molecule has 108 valence electrons. The van der Waals surface area contributed by atoms with Crippen LogP contribution in [0.2, 0.25) is 0 Å². The molecule has 1 unspecified atom stereocenters. The van der Waals surface area contributed by atoms with Crippen molar-refractivity contribution in [2.24, 2.45) is 12.9 Å². The van der Waals surface area contributed by atoms with Gasteiger partial charge in [-0.05, 0) is 43.2 Å². The molecule has 0 amide bonds. The van der Waals surface area contributed by atoms with Crippen molar-refractivity contribution in [1.29, 1.82) is 0 Å². The lowest BCUT2D eigenvalue weighted by Crippen LogP contribution is -2.37. The first-order chi connectivity index (χ1) is 9.69. The largest absolute Gasteiger partial charge is 0.273 e. The van der Waals surface area contributed by atoms with Crippen LogP contribution in [0.25, 0.3) is 0 Å². The van der Waals surface area contributed by atoms with E-state index >= 15 is 0 Å². The van der Waals surface area contributed by atoms with Crippen molar-refractivity contribution in [1.82, 2.24) is 15.2 Å². The molecule has 0 spiro atoms. The standard InChI is InChI=1S/C14H19FN4S/c1-19-13(8-9-17-19)5-4-12(18-16)10-20-14-6-2-11(15)3-7-14/h2-3,6-9,12,18H,4-5,10,16H2,1H3. The molecule has 0 aliphatic carbocycles. The molecule has 0 radical (unpaired) electrons. The lowest BCUT2D eigenvalue weighted by Gasteiger charge is -2.15. The van der Waals surface area contributed by atoms with E-state index in [0.717, 1.165) is 23.5 Å². The summed E-state index contributed by atoms with van der Waals surface area (Å²) in [4.78, 5) is 1.05. The van der Waals surface area contributed by atoms with Crippen LogP contribution in [-0.4, -0.2) is 21.6 Å². The van der Waals surface area contributed by atoms with Gasteiger partial charge in [-0.1, -0.05) is 0 Å². The number of hydrogen-bond donors (Lipinski definition) is 2. The van der Waals surface area contributed by atoms with Gasteiger partial charge in [-0.3, -0.25) is 16.0 Å². The molecule has 1 atom stereocenters. The molecule has 0 aliphatic heterocycles. The Balaban J connectivity index is 1.80. The fourth-order valence-corrected chi connectivity index (χ4v) is 2.90. The van der Waals surface area contributed by atoms with Gasteiger partial charge in [0.1, 0.15) is 5.82 Å². The molecule has 2 aromatic rings. The number of aryl methyl sites for hydroxylation is 2. The number of rotatable bonds is 7. The topological polar surface area (TPSA) is 55.9 Å². The quantitative estimate of drug-likeness (QED) is 0.466. The van der Waals surface area contributed by atoms with Gasteiger partial charge in [0.25, 0.3) is 0 Å². The molecule has 0 saturated heterocycles. The van der Waals surface area contributed by atoms with Crippen molar-refractivity contribution in [2.45, 2.75) is 23.8 Å². The predicted molar refractivity (Wildman–Crippen MR) is 79.8 cm³/mol. The maximum Gasteiger partial charge on any atom is 0.123 e. The highest BCUT2D eigenvalue weighted by Crippen LogP contribution is 2.20. The molecule has 6 heteroatoms. The van der Waals surface area contributed by atoms with Gasteiger partial charge in [0.15, 0.2) is 0 Å². The minimum Gasteiger partial charge on any atom is -0.273 e. The van der Waals surface area contributed by atoms with Crippen LogP contribution in [0.5, 0.6) is 0 Å². The zero-order valence-electron chi connectivity index (χ0n) is 11.4. The summed E-state index contributed by atoms with van der Waals surface area (Å²) in [7, 11) is 1.94. The first kappa shape index (κ1) is 15.0. The Labute approximate surface area is 122 Å². The Hall–Kier alpha value is -1.37. The Kier molecular flexibility index (Phi) is 5.58. The van der Waals surface area contributed by atoms with Gasteiger partial charge in [-0.15, -0.1) is 11.8 Å². The van der Waals surface area contributed by atoms with E-state index in [1.54, 1.807) is 30.1 Å². The van der Waals surface area contributed by atoms with E-state index in [2.05, 4.69) is 10.5 Å². The monoisotopic (exact) mass is 294 g/mol. The molecule has 0 bridgehead atoms. The van der Waals surface area contributed by atoms with Gasteiger partial charge in [-0.2, -0.15) is 5.10 Å². The number of hydrogen-bond acceptors (Lipinski definition) is 4. The van der Waals surface area contributed by atoms with Crippen molar-refractivity contribution in [2.75, 3.05) is 5.75 Å². The first-order valence-corrected chi connectivity index (χ1v) is 7.49. The summed E-state index contributed by atoms with van der Waals surface area (Å²) in [6, 6.07) is 8.75. The number of thioether (sulfide) groups is 1. The third kappa shape index (κ3) is 4.33. The summed E-state index contributed by atoms with van der Waals surface area (Å²) < 4.78 is 14.7. The maximum atomic E-state index is 12.8. The highest BCUT2D eigenvalue weighted by atomic mass is 32.2. The second kappa shape index (κ2) is 7.42. The molecule has 1 aromatic carbocycles. The highest BCUT2D eigenvalue weighted by molar-refractivity contribution is 7.99. The third-order valence-corrected chi connectivity index (χ3v) is 4.35. The van der Waals surface area contributed by atoms with Crippen LogP contribution < -0.4 is 11.3 Å². The Morgan fingerprint density at radius 3 is 2.70 bits per heavy atom. The number of benzene rings is 1. The third-order valence-electron chi connectivity index (χ3n) is 3.17. The van der Waals surface area contributed by atoms with Crippen LogP contribution in [0.1, 0.15) is 12.1 Å². The second-order valence-corrected chi connectivity index (χ2v) is 5.71. The highest BCUT2D eigenvalue weighted by Gasteiger charge is 2.09. The fourth-order valence-electron chi connectivity index (χ4n) is 1.91. The van der Waals surface area contributed by atoms with Crippen LogP contribution in [0, 0.1) is 5.82 Å². The summed E-state index contributed by atoms with van der Waals surface area (Å²) in [6.07, 6.45) is 3.66. The van der Waals surface area contributed by atoms with Crippen LogP contribution >= 0.6 is 11.8 Å². The van der Waals surface area contributed by atoms with Crippen molar-refractivity contribution in [3.05, 3.63) is 48.0 Å². The van der Waals surface area contributed by atoms with Gasteiger partial charge in [-0.25, -0.2) is 4.39 Å². The molecule has 20 heavy (non-hydrogen) atoms. The van der Waals surface area contributed by atoms with E-state index < -0.39 is 0 Å². The van der Waals surface area contributed by atoms with E-state index in [1.165, 1.54) is 17.8 Å². The van der Waals surface area contributed by atoms with Crippen molar-refractivity contribution < 1.29 is 4.39 Å². The van der Waals surface area contributed by atoms with Gasteiger partial charge in [0, 0.05) is 35.6 Å². The van der Waals surface area contributed by atoms with E-state index in [9.17, 15) is 4.39 Å². The smallest absolute Gasteiger partial charge is 0.123 e. The molecule has 3 N–H and O–H groups in total. The Bertz CT molecular complexity index is 526. The summed E-state index contributed by atoms with van der Waals surface area (Å²) >= 11 is 1.67. The number of nitrogens with two attached hydrogens (primary N) is 1. The van der Waals surface area contributed by atoms with Crippen LogP contribution in [0.3, 0.4) is 0 Å². The number of nitrogens with zero attached hydrogens (tertiary/aromatic N) is 2. The molecular formula is C14H19FN4S. The molecule has 1 heterocycles. The molecule has 1 aromatic heterocycles. The van der Waals surface area contributed by atoms with Gasteiger partial charge >= 0.3 is 0 Å². The number of nitrogens with one attached hydrogen (secondary N) is 1. The van der Waals surface area contributed by atoms with Crippen molar-refractivity contribution >= 4 is 11.8 Å². The summed E-state index contributed by atoms with van der Waals surface area (Å²) in [5, 5.41) is 4.15. The predicted octanol–water partition coefficient (Wildman–Crippen LogP) is 2.12. The summed E-state index contributed by atoms with van der Waals surface area (Å²) in [5.41, 5.74) is 4.03. The SMILES string of the molecule is Cn1nccc1CCC(CSc1ccc(F)cc1)NN. The average Bonchev–Trinajstić information content (AvgIpc) is 2.86. The van der Waals surface area contributed by atoms with E-state index in [1.807, 2.05) is 17.8 Å². The number of hydrazine groups is 1. The first-order valence-electron chi connectivity index (χ1n) is 6.50. The Morgan fingerprint density at radius 2 is 2.10 bits per heavy atom. The van der Waals surface area contributed by atoms with Gasteiger partial charge in [0.2, 0.25) is 0 Å². The van der Waals surface area contributed by atoms with Crippen LogP contribution in [0.15, 0.2) is 41.4 Å². The number of aromatic nitrogens is 2. The zero-order chi connectivity index (χ0) is 14.4. The van der Waals surface area contributed by atoms with Gasteiger partial charge in [0.05, 0.1) is 0 Å². The average molecular weight is 294 g/mol. The van der Waals surface area contributed by atoms with E-state index in [-0.39, 0.29) is 11.9 Å². The second-order valence-electron chi connectivity index (χ2n) is 4.61.